The summed E-state index contributed by atoms with van der Waals surface area (Å²) >= 11 is 0. The number of nitrogens with one attached hydrogen (secondary N) is 2. The summed E-state index contributed by atoms with van der Waals surface area (Å²) in [6.07, 6.45) is 0. The molecule has 0 unspecified atom stereocenters. The van der Waals surface area contributed by atoms with E-state index in [4.69, 9.17) is 9.47 Å². The normalized spacial score (nSPS) is 12.6. The molecule has 0 amide bonds. The zero-order chi connectivity index (χ0) is 17.3. The lowest BCUT2D eigenvalue weighted by Crippen LogP contribution is -2.18. The molecule has 0 saturated heterocycles. The van der Waals surface area contributed by atoms with Gasteiger partial charge in [-0.3, -0.25) is 0 Å². The van der Waals surface area contributed by atoms with Gasteiger partial charge < -0.3 is 25.0 Å². The molecule has 2 N–H and O–H groups in total. The Labute approximate surface area is 143 Å². The van der Waals surface area contributed by atoms with E-state index in [1.54, 1.807) is 14.2 Å². The van der Waals surface area contributed by atoms with Gasteiger partial charge in [0.05, 0.1) is 32.3 Å². The third-order valence-corrected chi connectivity index (χ3v) is 4.48. The molecule has 2 aromatic carbocycles. The first-order chi connectivity index (χ1) is 11.5. The Morgan fingerprint density at radius 2 is 1.83 bits per heavy atom. The number of benzene rings is 2. The van der Waals surface area contributed by atoms with E-state index in [-0.39, 0.29) is 0 Å². The average molecular weight is 327 g/mol. The number of ether oxygens (including phenoxy) is 2. The second-order valence-electron chi connectivity index (χ2n) is 6.17. The van der Waals surface area contributed by atoms with Crippen molar-refractivity contribution in [1.82, 2.24) is 0 Å². The van der Waals surface area contributed by atoms with Gasteiger partial charge in [0, 0.05) is 24.8 Å². The van der Waals surface area contributed by atoms with Crippen LogP contribution in [0.5, 0.6) is 11.5 Å². The van der Waals surface area contributed by atoms with Crippen LogP contribution in [0.25, 0.3) is 0 Å². The largest absolute Gasteiger partial charge is 0.496 e. The predicted octanol–water partition coefficient (Wildman–Crippen LogP) is 3.75. The molecule has 0 fully saturated rings. The van der Waals surface area contributed by atoms with E-state index >= 15 is 0 Å². The van der Waals surface area contributed by atoms with Gasteiger partial charge in [0.1, 0.15) is 11.5 Å². The van der Waals surface area contributed by atoms with Crippen LogP contribution in [0.15, 0.2) is 24.3 Å². The van der Waals surface area contributed by atoms with Crippen LogP contribution in [0.3, 0.4) is 0 Å². The molecule has 0 radical (unpaired) electrons. The number of hydrogen-bond donors (Lipinski definition) is 2. The molecule has 0 aromatic heterocycles. The predicted molar refractivity (Wildman–Crippen MR) is 99.7 cm³/mol. The monoisotopic (exact) mass is 327 g/mol. The molecule has 3 rings (SSSR count). The summed E-state index contributed by atoms with van der Waals surface area (Å²) in [6.45, 7) is 5.64. The Morgan fingerprint density at radius 1 is 1.12 bits per heavy atom. The van der Waals surface area contributed by atoms with Crippen molar-refractivity contribution in [2.75, 3.05) is 43.5 Å². The maximum Gasteiger partial charge on any atom is 0.126 e. The summed E-state index contributed by atoms with van der Waals surface area (Å²) in [7, 11) is 5.52. The highest BCUT2D eigenvalue weighted by Crippen LogP contribution is 2.39. The maximum absolute atomic E-state index is 5.58. The van der Waals surface area contributed by atoms with Crippen LogP contribution in [0.2, 0.25) is 0 Å². The van der Waals surface area contributed by atoms with Crippen molar-refractivity contribution in [2.24, 2.45) is 0 Å². The molecule has 1 aliphatic heterocycles. The van der Waals surface area contributed by atoms with Crippen LogP contribution >= 0.6 is 0 Å². The van der Waals surface area contributed by atoms with Gasteiger partial charge in [0.25, 0.3) is 0 Å². The van der Waals surface area contributed by atoms with Crippen molar-refractivity contribution in [1.29, 1.82) is 0 Å². The molecular weight excluding hydrogens is 302 g/mol. The van der Waals surface area contributed by atoms with Gasteiger partial charge in [-0.25, -0.2) is 0 Å². The highest BCUT2D eigenvalue weighted by molar-refractivity contribution is 5.80. The Bertz CT molecular complexity index is 736. The minimum atomic E-state index is 0.698. The Balaban J connectivity index is 1.89. The molecule has 0 spiro atoms. The number of methoxy groups -OCH3 is 2. The van der Waals surface area contributed by atoms with Gasteiger partial charge in [0.15, 0.2) is 0 Å². The summed E-state index contributed by atoms with van der Waals surface area (Å²) in [6, 6.07) is 8.32. The molecule has 24 heavy (non-hydrogen) atoms. The van der Waals surface area contributed by atoms with Crippen LogP contribution in [0.1, 0.15) is 16.7 Å². The van der Waals surface area contributed by atoms with Crippen molar-refractivity contribution in [3.63, 3.8) is 0 Å². The maximum atomic E-state index is 5.58. The highest BCUT2D eigenvalue weighted by atomic mass is 16.5. The second kappa shape index (κ2) is 6.51. The fourth-order valence-corrected chi connectivity index (χ4v) is 3.41. The minimum absolute atomic E-state index is 0.698. The smallest absolute Gasteiger partial charge is 0.126 e. The number of fused-ring (bicyclic) bond motifs is 1. The number of rotatable bonds is 5. The number of nitrogens with zero attached hydrogens (tertiary/aromatic N) is 1. The number of hydrogen-bond acceptors (Lipinski definition) is 5. The van der Waals surface area contributed by atoms with E-state index in [2.05, 4.69) is 54.6 Å². The first-order valence-corrected chi connectivity index (χ1v) is 8.09. The van der Waals surface area contributed by atoms with Crippen LogP contribution in [0, 0.1) is 13.8 Å². The van der Waals surface area contributed by atoms with Crippen LogP contribution in [-0.4, -0.2) is 27.9 Å². The van der Waals surface area contributed by atoms with Crippen molar-refractivity contribution in [3.8, 4) is 11.5 Å². The van der Waals surface area contributed by atoms with Crippen molar-refractivity contribution >= 4 is 17.1 Å². The average Bonchev–Trinajstić information content (AvgIpc) is 2.94. The van der Waals surface area contributed by atoms with Crippen molar-refractivity contribution in [2.45, 2.75) is 20.4 Å². The minimum Gasteiger partial charge on any atom is -0.496 e. The fraction of sp³-hybridized carbons (Fsp3) is 0.368. The number of anilines is 3. The summed E-state index contributed by atoms with van der Waals surface area (Å²) in [5.74, 6) is 1.85. The molecule has 0 atom stereocenters. The van der Waals surface area contributed by atoms with Gasteiger partial charge in [-0.1, -0.05) is 0 Å². The van der Waals surface area contributed by atoms with Crippen molar-refractivity contribution < 1.29 is 9.47 Å². The first kappa shape index (κ1) is 16.3. The van der Waals surface area contributed by atoms with E-state index in [1.807, 2.05) is 6.07 Å². The Morgan fingerprint density at radius 3 is 2.46 bits per heavy atom. The zero-order valence-corrected chi connectivity index (χ0v) is 15.0. The fourth-order valence-electron chi connectivity index (χ4n) is 3.41. The van der Waals surface area contributed by atoms with Gasteiger partial charge in [0.2, 0.25) is 0 Å². The lowest BCUT2D eigenvalue weighted by molar-refractivity contribution is 0.408. The zero-order valence-electron chi connectivity index (χ0n) is 15.0. The van der Waals surface area contributed by atoms with Crippen LogP contribution in [-0.2, 0) is 6.54 Å². The molecule has 2 aromatic rings. The lowest BCUT2D eigenvalue weighted by Gasteiger charge is -2.19. The van der Waals surface area contributed by atoms with Gasteiger partial charge in [-0.05, 0) is 49.2 Å². The van der Waals surface area contributed by atoms with E-state index in [1.165, 1.54) is 5.69 Å². The lowest BCUT2D eigenvalue weighted by atomic mass is 10.1. The molecular formula is C19H25N3O2. The quantitative estimate of drug-likeness (QED) is 0.876. The SMILES string of the molecule is COc1ccc2c(c1CNc1cc(C)c(OC)c(C)c1)N(C)CN2. The van der Waals surface area contributed by atoms with E-state index in [9.17, 15) is 0 Å². The molecule has 0 aliphatic carbocycles. The van der Waals surface area contributed by atoms with E-state index < -0.39 is 0 Å². The van der Waals surface area contributed by atoms with Gasteiger partial charge in [-0.15, -0.1) is 0 Å². The van der Waals surface area contributed by atoms with E-state index in [0.717, 1.165) is 46.2 Å². The molecule has 5 nitrogen and oxygen atoms in total. The summed E-state index contributed by atoms with van der Waals surface area (Å²) in [5.41, 5.74) is 6.85. The molecule has 5 heteroatoms. The molecule has 128 valence electrons. The number of aryl methyl sites for hydroxylation is 2. The topological polar surface area (TPSA) is 45.8 Å². The van der Waals surface area contributed by atoms with Gasteiger partial charge >= 0.3 is 0 Å². The van der Waals surface area contributed by atoms with Crippen LogP contribution < -0.4 is 25.0 Å². The Kier molecular flexibility index (Phi) is 4.42. The third kappa shape index (κ3) is 2.82. The van der Waals surface area contributed by atoms with Crippen LogP contribution in [0.4, 0.5) is 17.1 Å². The highest BCUT2D eigenvalue weighted by Gasteiger charge is 2.22. The standard InChI is InChI=1S/C19H25N3O2/c1-12-8-14(9-13(2)19(12)24-5)20-10-15-17(23-4)7-6-16-18(15)22(3)11-21-16/h6-9,20-21H,10-11H2,1-5H3. The van der Waals surface area contributed by atoms with Gasteiger partial charge in [-0.2, -0.15) is 0 Å². The summed E-state index contributed by atoms with van der Waals surface area (Å²) in [4.78, 5) is 2.21. The second-order valence-corrected chi connectivity index (χ2v) is 6.17. The molecule has 1 aliphatic rings. The van der Waals surface area contributed by atoms with Crippen molar-refractivity contribution in [3.05, 3.63) is 41.0 Å². The van der Waals surface area contributed by atoms with E-state index in [0.29, 0.717) is 6.54 Å². The molecule has 0 bridgehead atoms. The Hall–Kier alpha value is -2.56. The first-order valence-electron chi connectivity index (χ1n) is 8.09. The molecule has 0 saturated carbocycles. The molecule has 1 heterocycles. The third-order valence-electron chi connectivity index (χ3n) is 4.48. The summed E-state index contributed by atoms with van der Waals surface area (Å²) in [5, 5.41) is 6.93. The summed E-state index contributed by atoms with van der Waals surface area (Å²) < 4.78 is 11.0.